The van der Waals surface area contributed by atoms with Crippen molar-refractivity contribution in [2.75, 3.05) is 39.8 Å². The van der Waals surface area contributed by atoms with Gasteiger partial charge >= 0.3 is 6.09 Å². The number of likely N-dealkylation sites (tertiary alicyclic amines) is 2. The Morgan fingerprint density at radius 3 is 2.62 bits per heavy atom. The van der Waals surface area contributed by atoms with Crippen LogP contribution >= 0.6 is 0 Å². The topological polar surface area (TPSA) is 44.8 Å². The summed E-state index contributed by atoms with van der Waals surface area (Å²) in [6, 6.07) is 0.651. The van der Waals surface area contributed by atoms with E-state index in [9.17, 15) is 4.79 Å². The third-order valence-corrected chi connectivity index (χ3v) is 4.31. The summed E-state index contributed by atoms with van der Waals surface area (Å²) in [5.41, 5.74) is -0.398. The van der Waals surface area contributed by atoms with Crippen molar-refractivity contribution in [3.8, 4) is 0 Å². The molecule has 122 valence electrons. The number of likely N-dealkylation sites (N-methyl/N-ethyl adjacent to an activating group) is 1. The second-order valence-electron chi connectivity index (χ2n) is 7.57. The van der Waals surface area contributed by atoms with Crippen LogP contribution in [0.15, 0.2) is 0 Å². The average molecular weight is 297 g/mol. The second-order valence-corrected chi connectivity index (χ2v) is 7.57. The third kappa shape index (κ3) is 5.47. The Bertz CT molecular complexity index is 354. The van der Waals surface area contributed by atoms with Crippen molar-refractivity contribution in [3.05, 3.63) is 0 Å². The van der Waals surface area contributed by atoms with Crippen LogP contribution in [0.5, 0.6) is 0 Å². The molecule has 2 unspecified atom stereocenters. The van der Waals surface area contributed by atoms with Gasteiger partial charge in [0.15, 0.2) is 0 Å². The number of ether oxygens (including phenoxy) is 1. The predicted molar refractivity (Wildman–Crippen MR) is 84.4 cm³/mol. The molecule has 2 atom stereocenters. The molecule has 1 N–H and O–H groups in total. The molecule has 0 radical (unpaired) electrons. The van der Waals surface area contributed by atoms with Gasteiger partial charge in [-0.15, -0.1) is 0 Å². The van der Waals surface area contributed by atoms with E-state index in [-0.39, 0.29) is 6.09 Å². The molecule has 5 nitrogen and oxygen atoms in total. The Labute approximate surface area is 129 Å². The molecule has 5 heteroatoms. The van der Waals surface area contributed by atoms with Crippen LogP contribution in [0, 0.1) is 5.92 Å². The van der Waals surface area contributed by atoms with Crippen LogP contribution in [0.25, 0.3) is 0 Å². The molecule has 0 aromatic heterocycles. The van der Waals surface area contributed by atoms with E-state index in [0.717, 1.165) is 39.0 Å². The SMILES string of the molecule is CN1CCC(NCCC2CCN(C(=O)OC(C)(C)C)C2)C1. The molecule has 2 fully saturated rings. The fourth-order valence-electron chi connectivity index (χ4n) is 3.15. The summed E-state index contributed by atoms with van der Waals surface area (Å²) >= 11 is 0. The number of carbonyl (C=O) groups is 1. The maximum atomic E-state index is 12.0. The van der Waals surface area contributed by atoms with Crippen LogP contribution in [0.3, 0.4) is 0 Å². The van der Waals surface area contributed by atoms with E-state index in [2.05, 4.69) is 17.3 Å². The lowest BCUT2D eigenvalue weighted by molar-refractivity contribution is 0.0287. The molecule has 0 aliphatic carbocycles. The molecule has 2 saturated heterocycles. The maximum absolute atomic E-state index is 12.0. The second kappa shape index (κ2) is 6.97. The highest BCUT2D eigenvalue weighted by atomic mass is 16.6. The van der Waals surface area contributed by atoms with Crippen LogP contribution in [0.4, 0.5) is 4.79 Å². The summed E-state index contributed by atoms with van der Waals surface area (Å²) in [5, 5.41) is 3.64. The van der Waals surface area contributed by atoms with Crippen molar-refractivity contribution in [1.82, 2.24) is 15.1 Å². The minimum atomic E-state index is -0.398. The quantitative estimate of drug-likeness (QED) is 0.861. The summed E-state index contributed by atoms with van der Waals surface area (Å²) in [7, 11) is 2.18. The Hall–Kier alpha value is -0.810. The monoisotopic (exact) mass is 297 g/mol. The molecule has 0 spiro atoms. The molecule has 2 aliphatic rings. The summed E-state index contributed by atoms with van der Waals surface area (Å²) in [6.45, 7) is 10.9. The standard InChI is InChI=1S/C16H31N3O2/c1-16(2,3)21-15(20)19-10-6-13(11-19)5-8-17-14-7-9-18(4)12-14/h13-14,17H,5-12H2,1-4H3. The van der Waals surface area contributed by atoms with E-state index in [4.69, 9.17) is 4.74 Å². The first-order chi connectivity index (χ1) is 9.83. The van der Waals surface area contributed by atoms with Crippen molar-refractivity contribution < 1.29 is 9.53 Å². The van der Waals surface area contributed by atoms with Crippen LogP contribution in [0.1, 0.15) is 40.0 Å². The zero-order valence-corrected chi connectivity index (χ0v) is 14.0. The molecule has 2 rings (SSSR count). The molecule has 0 saturated carbocycles. The van der Waals surface area contributed by atoms with Gasteiger partial charge in [-0.1, -0.05) is 0 Å². The summed E-state index contributed by atoms with van der Waals surface area (Å²) in [4.78, 5) is 16.2. The highest BCUT2D eigenvalue weighted by molar-refractivity contribution is 5.68. The zero-order valence-electron chi connectivity index (χ0n) is 14.0. The lowest BCUT2D eigenvalue weighted by Gasteiger charge is -2.24. The molecule has 1 amide bonds. The molecule has 0 aromatic rings. The van der Waals surface area contributed by atoms with Crippen LogP contribution in [-0.2, 0) is 4.74 Å². The van der Waals surface area contributed by atoms with E-state index in [1.54, 1.807) is 0 Å². The van der Waals surface area contributed by atoms with E-state index < -0.39 is 5.60 Å². The van der Waals surface area contributed by atoms with E-state index in [1.807, 2.05) is 25.7 Å². The van der Waals surface area contributed by atoms with Crippen molar-refractivity contribution in [2.24, 2.45) is 5.92 Å². The summed E-state index contributed by atoms with van der Waals surface area (Å²) in [6.07, 6.45) is 3.35. The minimum absolute atomic E-state index is 0.157. The van der Waals surface area contributed by atoms with Gasteiger partial charge in [0.1, 0.15) is 5.60 Å². The van der Waals surface area contributed by atoms with Crippen LogP contribution in [-0.4, -0.2) is 67.3 Å². The first-order valence-corrected chi connectivity index (χ1v) is 8.23. The van der Waals surface area contributed by atoms with Gasteiger partial charge in [-0.25, -0.2) is 4.79 Å². The lowest BCUT2D eigenvalue weighted by atomic mass is 10.0. The number of nitrogens with one attached hydrogen (secondary N) is 1. The van der Waals surface area contributed by atoms with E-state index in [0.29, 0.717) is 12.0 Å². The first-order valence-electron chi connectivity index (χ1n) is 8.23. The predicted octanol–water partition coefficient (Wildman–Crippen LogP) is 1.93. The molecule has 21 heavy (non-hydrogen) atoms. The molecular formula is C16H31N3O2. The Morgan fingerprint density at radius 2 is 2.00 bits per heavy atom. The van der Waals surface area contributed by atoms with Crippen LogP contribution in [0.2, 0.25) is 0 Å². The number of hydrogen-bond acceptors (Lipinski definition) is 4. The number of rotatable bonds is 4. The Kier molecular flexibility index (Phi) is 5.49. The Balaban J connectivity index is 1.62. The van der Waals surface area contributed by atoms with Gasteiger partial charge in [-0.2, -0.15) is 0 Å². The van der Waals surface area contributed by atoms with Crippen LogP contribution < -0.4 is 5.32 Å². The largest absolute Gasteiger partial charge is 0.444 e. The number of hydrogen-bond donors (Lipinski definition) is 1. The van der Waals surface area contributed by atoms with Crippen molar-refractivity contribution in [2.45, 2.75) is 51.7 Å². The van der Waals surface area contributed by atoms with Gasteiger partial charge in [0, 0.05) is 25.7 Å². The highest BCUT2D eigenvalue weighted by Crippen LogP contribution is 2.21. The normalized spacial score (nSPS) is 27.3. The van der Waals surface area contributed by atoms with Crippen molar-refractivity contribution >= 4 is 6.09 Å². The third-order valence-electron chi connectivity index (χ3n) is 4.31. The smallest absolute Gasteiger partial charge is 0.410 e. The number of nitrogens with zero attached hydrogens (tertiary/aromatic N) is 2. The molecular weight excluding hydrogens is 266 g/mol. The van der Waals surface area contributed by atoms with E-state index >= 15 is 0 Å². The summed E-state index contributed by atoms with van der Waals surface area (Å²) in [5.74, 6) is 0.615. The van der Waals surface area contributed by atoms with Gasteiger partial charge in [0.25, 0.3) is 0 Å². The van der Waals surface area contributed by atoms with Gasteiger partial charge in [0.05, 0.1) is 0 Å². The van der Waals surface area contributed by atoms with Crippen molar-refractivity contribution in [3.63, 3.8) is 0 Å². The molecule has 0 bridgehead atoms. The van der Waals surface area contributed by atoms with Gasteiger partial charge in [0.2, 0.25) is 0 Å². The zero-order chi connectivity index (χ0) is 15.5. The molecule has 2 heterocycles. The van der Waals surface area contributed by atoms with Gasteiger partial charge in [-0.05, 0) is 66.1 Å². The molecule has 0 aromatic carbocycles. The highest BCUT2D eigenvalue weighted by Gasteiger charge is 2.29. The van der Waals surface area contributed by atoms with Crippen molar-refractivity contribution in [1.29, 1.82) is 0 Å². The average Bonchev–Trinajstić information content (AvgIpc) is 2.97. The van der Waals surface area contributed by atoms with Gasteiger partial charge in [-0.3, -0.25) is 0 Å². The first kappa shape index (κ1) is 16.6. The lowest BCUT2D eigenvalue weighted by Crippen LogP contribution is -2.36. The molecule has 2 aliphatic heterocycles. The summed E-state index contributed by atoms with van der Waals surface area (Å²) < 4.78 is 5.43. The number of carbonyl (C=O) groups excluding carboxylic acids is 1. The Morgan fingerprint density at radius 1 is 1.24 bits per heavy atom. The fourth-order valence-corrected chi connectivity index (χ4v) is 3.15. The fraction of sp³-hybridized carbons (Fsp3) is 0.938. The van der Waals surface area contributed by atoms with Gasteiger partial charge < -0.3 is 19.9 Å². The minimum Gasteiger partial charge on any atom is -0.444 e. The maximum Gasteiger partial charge on any atom is 0.410 e. The van der Waals surface area contributed by atoms with E-state index in [1.165, 1.54) is 13.0 Å². The number of amides is 1.